The van der Waals surface area contributed by atoms with E-state index in [2.05, 4.69) is 17.1 Å². The highest BCUT2D eigenvalue weighted by Crippen LogP contribution is 2.20. The fourth-order valence-corrected chi connectivity index (χ4v) is 1.72. The molecule has 1 heterocycles. The minimum atomic E-state index is 0.435. The third-order valence-corrected chi connectivity index (χ3v) is 2.73. The highest BCUT2D eigenvalue weighted by Gasteiger charge is 2.01. The summed E-state index contributed by atoms with van der Waals surface area (Å²) in [5, 5.41) is 0.680. The molecule has 17 heavy (non-hydrogen) atoms. The first-order chi connectivity index (χ1) is 8.15. The second-order valence-electron chi connectivity index (χ2n) is 4.02. The Balaban J connectivity index is 2.09. The predicted octanol–water partition coefficient (Wildman–Crippen LogP) is 3.93. The Morgan fingerprint density at radius 2 is 2.00 bits per heavy atom. The van der Waals surface area contributed by atoms with Gasteiger partial charge in [0.15, 0.2) is 0 Å². The number of pyridine rings is 1. The van der Waals surface area contributed by atoms with Crippen LogP contribution in [0.5, 0.6) is 5.75 Å². The number of ether oxygens (including phenoxy) is 1. The van der Waals surface area contributed by atoms with Gasteiger partial charge in [-0.25, -0.2) is 0 Å². The molecule has 0 radical (unpaired) electrons. The van der Waals surface area contributed by atoms with Gasteiger partial charge in [0.25, 0.3) is 0 Å². The summed E-state index contributed by atoms with van der Waals surface area (Å²) in [5.41, 5.74) is 3.14. The molecular weight excluding hydrogens is 234 g/mol. The number of halogens is 1. The van der Waals surface area contributed by atoms with Crippen LogP contribution >= 0.6 is 11.6 Å². The van der Waals surface area contributed by atoms with E-state index in [0.29, 0.717) is 11.6 Å². The van der Waals surface area contributed by atoms with E-state index >= 15 is 0 Å². The van der Waals surface area contributed by atoms with Gasteiger partial charge in [0.2, 0.25) is 0 Å². The Hall–Kier alpha value is -1.54. The topological polar surface area (TPSA) is 22.1 Å². The number of hydrogen-bond acceptors (Lipinski definition) is 2. The Bertz CT molecular complexity index is 525. The van der Waals surface area contributed by atoms with Crippen molar-refractivity contribution in [2.45, 2.75) is 20.5 Å². The van der Waals surface area contributed by atoms with Crippen LogP contribution in [0.15, 0.2) is 36.5 Å². The average molecular weight is 248 g/mol. The maximum Gasteiger partial charge on any atom is 0.130 e. The van der Waals surface area contributed by atoms with Gasteiger partial charge in [0.1, 0.15) is 12.4 Å². The van der Waals surface area contributed by atoms with Gasteiger partial charge in [0, 0.05) is 11.2 Å². The molecule has 0 aliphatic rings. The molecule has 3 heteroatoms. The van der Waals surface area contributed by atoms with Crippen LogP contribution in [0.2, 0.25) is 5.02 Å². The van der Waals surface area contributed by atoms with E-state index in [0.717, 1.165) is 17.0 Å². The lowest BCUT2D eigenvalue weighted by molar-refractivity contribution is 0.299. The van der Waals surface area contributed by atoms with E-state index < -0.39 is 0 Å². The molecule has 2 nitrogen and oxygen atoms in total. The number of nitrogens with zero attached hydrogens (tertiary/aromatic N) is 1. The SMILES string of the molecule is Cc1ccc(C)c(OCc2cc(Cl)ccn2)c1. The van der Waals surface area contributed by atoms with Gasteiger partial charge in [-0.05, 0) is 43.2 Å². The first-order valence-electron chi connectivity index (χ1n) is 5.45. The Kier molecular flexibility index (Phi) is 3.64. The van der Waals surface area contributed by atoms with Crippen molar-refractivity contribution in [3.05, 3.63) is 58.4 Å². The molecule has 2 aromatic rings. The zero-order valence-corrected chi connectivity index (χ0v) is 10.7. The summed E-state index contributed by atoms with van der Waals surface area (Å²) in [4.78, 5) is 4.20. The molecule has 1 aromatic heterocycles. The molecule has 2 rings (SSSR count). The smallest absolute Gasteiger partial charge is 0.130 e. The predicted molar refractivity (Wildman–Crippen MR) is 69.5 cm³/mol. The lowest BCUT2D eigenvalue weighted by Crippen LogP contribution is -1.99. The van der Waals surface area contributed by atoms with Crippen molar-refractivity contribution in [3.8, 4) is 5.75 Å². The summed E-state index contributed by atoms with van der Waals surface area (Å²) >= 11 is 5.89. The number of aromatic nitrogens is 1. The van der Waals surface area contributed by atoms with Crippen molar-refractivity contribution < 1.29 is 4.74 Å². The summed E-state index contributed by atoms with van der Waals surface area (Å²) in [7, 11) is 0. The zero-order chi connectivity index (χ0) is 12.3. The van der Waals surface area contributed by atoms with Gasteiger partial charge in [-0.1, -0.05) is 23.7 Å². The maximum atomic E-state index is 5.89. The van der Waals surface area contributed by atoms with Crippen LogP contribution in [0.1, 0.15) is 16.8 Å². The van der Waals surface area contributed by atoms with Crippen LogP contribution in [-0.2, 0) is 6.61 Å². The molecule has 0 fully saturated rings. The molecule has 1 aromatic carbocycles. The van der Waals surface area contributed by atoms with Crippen molar-refractivity contribution in [2.75, 3.05) is 0 Å². The van der Waals surface area contributed by atoms with Crippen LogP contribution < -0.4 is 4.74 Å². The van der Waals surface area contributed by atoms with Crippen LogP contribution in [0.25, 0.3) is 0 Å². The second kappa shape index (κ2) is 5.19. The largest absolute Gasteiger partial charge is 0.487 e. The second-order valence-corrected chi connectivity index (χ2v) is 4.46. The third kappa shape index (κ3) is 3.21. The molecule has 0 bridgehead atoms. The van der Waals surface area contributed by atoms with Crippen LogP contribution in [0, 0.1) is 13.8 Å². The third-order valence-electron chi connectivity index (χ3n) is 2.50. The highest BCUT2D eigenvalue weighted by atomic mass is 35.5. The first-order valence-corrected chi connectivity index (χ1v) is 5.83. The van der Waals surface area contributed by atoms with E-state index in [9.17, 15) is 0 Å². The Morgan fingerprint density at radius 1 is 1.18 bits per heavy atom. The molecular formula is C14H14ClNO. The van der Waals surface area contributed by atoms with Gasteiger partial charge in [-0.3, -0.25) is 4.98 Å². The average Bonchev–Trinajstić information content (AvgIpc) is 2.30. The summed E-state index contributed by atoms with van der Waals surface area (Å²) in [6.07, 6.45) is 1.68. The molecule has 88 valence electrons. The number of hydrogen-bond donors (Lipinski definition) is 0. The molecule has 0 atom stereocenters. The van der Waals surface area contributed by atoms with E-state index in [-0.39, 0.29) is 0 Å². The Morgan fingerprint density at radius 3 is 2.76 bits per heavy atom. The molecule has 0 saturated carbocycles. The monoisotopic (exact) mass is 247 g/mol. The van der Waals surface area contributed by atoms with E-state index in [4.69, 9.17) is 16.3 Å². The molecule has 0 aliphatic heterocycles. The van der Waals surface area contributed by atoms with Crippen molar-refractivity contribution in [3.63, 3.8) is 0 Å². The standard InChI is InChI=1S/C14H14ClNO/c1-10-3-4-11(2)14(7-10)17-9-13-8-12(15)5-6-16-13/h3-8H,9H2,1-2H3. The molecule has 0 aliphatic carbocycles. The van der Waals surface area contributed by atoms with E-state index in [1.807, 2.05) is 26.0 Å². The minimum Gasteiger partial charge on any atom is -0.487 e. The molecule has 0 spiro atoms. The number of benzene rings is 1. The van der Waals surface area contributed by atoms with Crippen LogP contribution in [-0.4, -0.2) is 4.98 Å². The van der Waals surface area contributed by atoms with Crippen LogP contribution in [0.4, 0.5) is 0 Å². The maximum absolute atomic E-state index is 5.89. The minimum absolute atomic E-state index is 0.435. The first kappa shape index (κ1) is 11.9. The fraction of sp³-hybridized carbons (Fsp3) is 0.214. The molecule has 0 saturated heterocycles. The van der Waals surface area contributed by atoms with E-state index in [1.54, 1.807) is 12.3 Å². The lowest BCUT2D eigenvalue weighted by atomic mass is 10.1. The lowest BCUT2D eigenvalue weighted by Gasteiger charge is -2.09. The van der Waals surface area contributed by atoms with Gasteiger partial charge in [0.05, 0.1) is 5.69 Å². The van der Waals surface area contributed by atoms with Gasteiger partial charge in [-0.15, -0.1) is 0 Å². The summed E-state index contributed by atoms with van der Waals surface area (Å²) in [6.45, 7) is 4.51. The van der Waals surface area contributed by atoms with Crippen molar-refractivity contribution in [2.24, 2.45) is 0 Å². The molecule has 0 N–H and O–H groups in total. The molecule has 0 unspecified atom stereocenters. The number of aryl methyl sites for hydroxylation is 2. The number of rotatable bonds is 3. The van der Waals surface area contributed by atoms with Gasteiger partial charge < -0.3 is 4.74 Å². The highest BCUT2D eigenvalue weighted by molar-refractivity contribution is 6.30. The Labute approximate surface area is 106 Å². The van der Waals surface area contributed by atoms with Crippen molar-refractivity contribution >= 4 is 11.6 Å². The summed E-state index contributed by atoms with van der Waals surface area (Å²) in [6, 6.07) is 9.71. The quantitative estimate of drug-likeness (QED) is 0.820. The summed E-state index contributed by atoms with van der Waals surface area (Å²) in [5.74, 6) is 0.895. The van der Waals surface area contributed by atoms with Crippen molar-refractivity contribution in [1.29, 1.82) is 0 Å². The normalized spacial score (nSPS) is 10.3. The molecule has 0 amide bonds. The summed E-state index contributed by atoms with van der Waals surface area (Å²) < 4.78 is 5.74. The van der Waals surface area contributed by atoms with Crippen LogP contribution in [0.3, 0.4) is 0 Å². The fourth-order valence-electron chi connectivity index (χ4n) is 1.54. The van der Waals surface area contributed by atoms with Crippen molar-refractivity contribution in [1.82, 2.24) is 4.98 Å². The zero-order valence-electron chi connectivity index (χ0n) is 9.90. The van der Waals surface area contributed by atoms with Gasteiger partial charge >= 0.3 is 0 Å². The van der Waals surface area contributed by atoms with Gasteiger partial charge in [-0.2, -0.15) is 0 Å². The van der Waals surface area contributed by atoms with E-state index in [1.165, 1.54) is 5.56 Å².